The van der Waals surface area contributed by atoms with Crippen LogP contribution in [0.5, 0.6) is 0 Å². The highest BCUT2D eigenvalue weighted by molar-refractivity contribution is 5.50. The van der Waals surface area contributed by atoms with Gasteiger partial charge in [0, 0.05) is 18.4 Å². The number of halogens is 2. The van der Waals surface area contributed by atoms with Crippen molar-refractivity contribution in [3.05, 3.63) is 59.4 Å². The molecule has 1 N–H and O–H groups in total. The molecule has 0 saturated heterocycles. The van der Waals surface area contributed by atoms with Gasteiger partial charge in [-0.15, -0.1) is 0 Å². The number of rotatable bonds is 3. The van der Waals surface area contributed by atoms with Crippen LogP contribution in [0.15, 0.2) is 36.7 Å². The average Bonchev–Trinajstić information content (AvgIpc) is 2.40. The summed E-state index contributed by atoms with van der Waals surface area (Å²) in [6, 6.07) is 6.11. The van der Waals surface area contributed by atoms with E-state index in [0.717, 1.165) is 5.56 Å². The smallest absolute Gasteiger partial charge is 0.152 e. The van der Waals surface area contributed by atoms with E-state index in [-0.39, 0.29) is 11.7 Å². The second kappa shape index (κ2) is 5.12. The van der Waals surface area contributed by atoms with Gasteiger partial charge in [-0.2, -0.15) is 0 Å². The number of nitrogens with one attached hydrogen (secondary N) is 1. The summed E-state index contributed by atoms with van der Waals surface area (Å²) < 4.78 is 27.4. The van der Waals surface area contributed by atoms with Crippen LogP contribution in [0.4, 0.5) is 14.5 Å². The van der Waals surface area contributed by atoms with Gasteiger partial charge in [0.1, 0.15) is 11.5 Å². The van der Waals surface area contributed by atoms with E-state index in [2.05, 4.69) is 10.3 Å². The first-order valence-corrected chi connectivity index (χ1v) is 5.70. The number of benzene rings is 1. The van der Waals surface area contributed by atoms with Crippen LogP contribution in [0.1, 0.15) is 24.1 Å². The van der Waals surface area contributed by atoms with E-state index in [1.165, 1.54) is 12.1 Å². The Balaban J connectivity index is 2.27. The normalized spacial score (nSPS) is 12.2. The Morgan fingerprint density at radius 2 is 1.78 bits per heavy atom. The lowest BCUT2D eigenvalue weighted by molar-refractivity contribution is 0.579. The van der Waals surface area contributed by atoms with Gasteiger partial charge in [0.2, 0.25) is 0 Å². The molecule has 0 bridgehead atoms. The highest BCUT2D eigenvalue weighted by atomic mass is 19.1. The molecule has 0 fully saturated rings. The SMILES string of the molecule is Cc1ccc(F)c(NC(C)c2ccncc2)c1F. The lowest BCUT2D eigenvalue weighted by atomic mass is 10.1. The monoisotopic (exact) mass is 248 g/mol. The molecule has 0 radical (unpaired) electrons. The molecule has 0 saturated carbocycles. The Hall–Kier alpha value is -1.97. The lowest BCUT2D eigenvalue weighted by Crippen LogP contribution is -2.10. The van der Waals surface area contributed by atoms with Crippen molar-refractivity contribution in [2.75, 3.05) is 5.32 Å². The first-order chi connectivity index (χ1) is 8.59. The molecule has 0 amide bonds. The van der Waals surface area contributed by atoms with Gasteiger partial charge in [0.15, 0.2) is 5.82 Å². The fourth-order valence-corrected chi connectivity index (χ4v) is 1.74. The maximum atomic E-state index is 13.8. The summed E-state index contributed by atoms with van der Waals surface area (Å²) in [5.74, 6) is -1.13. The number of anilines is 1. The van der Waals surface area contributed by atoms with Crippen LogP contribution in [0.25, 0.3) is 0 Å². The molecule has 1 atom stereocenters. The minimum absolute atomic E-state index is 0.0840. The van der Waals surface area contributed by atoms with E-state index in [4.69, 9.17) is 0 Å². The standard InChI is InChI=1S/C14H14F2N2/c1-9-3-4-12(15)14(13(9)16)18-10(2)11-5-7-17-8-6-11/h3-8,10,18H,1-2H3. The average molecular weight is 248 g/mol. The summed E-state index contributed by atoms with van der Waals surface area (Å²) in [6.07, 6.45) is 3.30. The van der Waals surface area contributed by atoms with Crippen LogP contribution in [0.3, 0.4) is 0 Å². The molecule has 0 aliphatic rings. The summed E-state index contributed by atoms with van der Waals surface area (Å²) in [6.45, 7) is 3.45. The zero-order chi connectivity index (χ0) is 13.1. The molecule has 0 spiro atoms. The van der Waals surface area contributed by atoms with Crippen molar-refractivity contribution in [2.45, 2.75) is 19.9 Å². The summed E-state index contributed by atoms with van der Waals surface area (Å²) in [5.41, 5.74) is 1.26. The zero-order valence-electron chi connectivity index (χ0n) is 10.2. The number of nitrogens with zero attached hydrogens (tertiary/aromatic N) is 1. The quantitative estimate of drug-likeness (QED) is 0.892. The van der Waals surface area contributed by atoms with E-state index in [1.54, 1.807) is 19.3 Å². The van der Waals surface area contributed by atoms with E-state index < -0.39 is 11.6 Å². The topological polar surface area (TPSA) is 24.9 Å². The predicted molar refractivity (Wildman–Crippen MR) is 67.4 cm³/mol. The number of pyridine rings is 1. The second-order valence-electron chi connectivity index (χ2n) is 4.20. The molecular weight excluding hydrogens is 234 g/mol. The number of aryl methyl sites for hydroxylation is 1. The van der Waals surface area contributed by atoms with Crippen LogP contribution >= 0.6 is 0 Å². The minimum Gasteiger partial charge on any atom is -0.374 e. The van der Waals surface area contributed by atoms with Gasteiger partial charge in [-0.05, 0) is 43.2 Å². The molecule has 0 aliphatic heterocycles. The second-order valence-corrected chi connectivity index (χ2v) is 4.20. The molecule has 1 aromatic carbocycles. The van der Waals surface area contributed by atoms with Crippen molar-refractivity contribution in [2.24, 2.45) is 0 Å². The summed E-state index contributed by atoms with van der Waals surface area (Å²) >= 11 is 0. The van der Waals surface area contributed by atoms with Crippen LogP contribution in [-0.2, 0) is 0 Å². The van der Waals surface area contributed by atoms with Crippen molar-refractivity contribution in [3.63, 3.8) is 0 Å². The van der Waals surface area contributed by atoms with E-state index in [9.17, 15) is 8.78 Å². The summed E-state index contributed by atoms with van der Waals surface area (Å²) in [7, 11) is 0. The molecule has 2 aromatic rings. The van der Waals surface area contributed by atoms with Crippen LogP contribution in [0.2, 0.25) is 0 Å². The van der Waals surface area contributed by atoms with Crippen LogP contribution < -0.4 is 5.32 Å². The number of hydrogen-bond donors (Lipinski definition) is 1. The van der Waals surface area contributed by atoms with Gasteiger partial charge in [-0.25, -0.2) is 8.78 Å². The van der Waals surface area contributed by atoms with Gasteiger partial charge < -0.3 is 5.32 Å². The molecule has 1 unspecified atom stereocenters. The molecule has 1 aromatic heterocycles. The highest BCUT2D eigenvalue weighted by Crippen LogP contribution is 2.26. The van der Waals surface area contributed by atoms with Gasteiger partial charge >= 0.3 is 0 Å². The third-order valence-corrected chi connectivity index (χ3v) is 2.85. The molecular formula is C14H14F2N2. The molecule has 2 nitrogen and oxygen atoms in total. The van der Waals surface area contributed by atoms with E-state index in [0.29, 0.717) is 5.56 Å². The molecule has 4 heteroatoms. The molecule has 94 valence electrons. The molecule has 1 heterocycles. The Labute approximate surface area is 105 Å². The van der Waals surface area contributed by atoms with Gasteiger partial charge in [-0.1, -0.05) is 6.07 Å². The van der Waals surface area contributed by atoms with Gasteiger partial charge in [0.05, 0.1) is 0 Å². The number of hydrogen-bond acceptors (Lipinski definition) is 2. The number of aromatic nitrogens is 1. The van der Waals surface area contributed by atoms with Gasteiger partial charge in [-0.3, -0.25) is 4.98 Å². The fraction of sp³-hybridized carbons (Fsp3) is 0.214. The van der Waals surface area contributed by atoms with Gasteiger partial charge in [0.25, 0.3) is 0 Å². The Kier molecular flexibility index (Phi) is 3.55. The first kappa shape index (κ1) is 12.5. The van der Waals surface area contributed by atoms with Crippen molar-refractivity contribution in [3.8, 4) is 0 Å². The lowest BCUT2D eigenvalue weighted by Gasteiger charge is -2.17. The molecule has 0 aliphatic carbocycles. The van der Waals surface area contributed by atoms with Crippen molar-refractivity contribution < 1.29 is 8.78 Å². The van der Waals surface area contributed by atoms with Crippen LogP contribution in [0, 0.1) is 18.6 Å². The minimum atomic E-state index is -0.584. The first-order valence-electron chi connectivity index (χ1n) is 5.70. The van der Waals surface area contributed by atoms with Crippen molar-refractivity contribution in [1.29, 1.82) is 0 Å². The highest BCUT2D eigenvalue weighted by Gasteiger charge is 2.14. The van der Waals surface area contributed by atoms with E-state index >= 15 is 0 Å². The maximum absolute atomic E-state index is 13.8. The maximum Gasteiger partial charge on any atom is 0.152 e. The third-order valence-electron chi connectivity index (χ3n) is 2.85. The molecule has 18 heavy (non-hydrogen) atoms. The Bertz CT molecular complexity index is 541. The zero-order valence-corrected chi connectivity index (χ0v) is 10.2. The summed E-state index contributed by atoms with van der Waals surface area (Å²) in [4.78, 5) is 3.91. The van der Waals surface area contributed by atoms with Crippen molar-refractivity contribution in [1.82, 2.24) is 4.98 Å². The largest absolute Gasteiger partial charge is 0.374 e. The van der Waals surface area contributed by atoms with Crippen LogP contribution in [-0.4, -0.2) is 4.98 Å². The van der Waals surface area contributed by atoms with E-state index in [1.807, 2.05) is 19.1 Å². The Morgan fingerprint density at radius 3 is 2.44 bits per heavy atom. The fourth-order valence-electron chi connectivity index (χ4n) is 1.74. The molecule has 2 rings (SSSR count). The Morgan fingerprint density at radius 1 is 1.11 bits per heavy atom. The predicted octanol–water partition coefficient (Wildman–Crippen LogP) is 3.84. The third kappa shape index (κ3) is 2.47. The summed E-state index contributed by atoms with van der Waals surface area (Å²) in [5, 5.41) is 2.86. The van der Waals surface area contributed by atoms with Crippen molar-refractivity contribution >= 4 is 5.69 Å².